The molecule has 0 atom stereocenters. The van der Waals surface area contributed by atoms with E-state index in [1.807, 2.05) is 13.0 Å². The summed E-state index contributed by atoms with van der Waals surface area (Å²) in [7, 11) is 0. The van der Waals surface area contributed by atoms with Gasteiger partial charge in [-0.25, -0.2) is 0 Å². The predicted molar refractivity (Wildman–Crippen MR) is 53.0 cm³/mol. The van der Waals surface area contributed by atoms with Crippen molar-refractivity contribution in [3.05, 3.63) is 17.5 Å². The maximum absolute atomic E-state index is 11.9. The molecule has 5 nitrogen and oxygen atoms in total. The molecule has 0 bridgehead atoms. The fraction of sp³-hybridized carbons (Fsp3) is 0.500. The highest BCUT2D eigenvalue weighted by atomic mass is 16.5. The highest BCUT2D eigenvalue weighted by Gasteiger charge is 2.18. The summed E-state index contributed by atoms with van der Waals surface area (Å²) in [5.41, 5.74) is 0.467. The molecule has 1 heterocycles. The topological polar surface area (TPSA) is 70.1 Å². The molecule has 0 radical (unpaired) electrons. The lowest BCUT2D eigenvalue weighted by Gasteiger charge is -2.18. The summed E-state index contributed by atoms with van der Waals surface area (Å²) >= 11 is 0. The van der Waals surface area contributed by atoms with E-state index < -0.39 is 0 Å². The van der Waals surface area contributed by atoms with E-state index in [1.165, 1.54) is 6.20 Å². The molecule has 0 saturated carbocycles. The summed E-state index contributed by atoms with van der Waals surface area (Å²) in [6, 6.07) is 2.01. The van der Waals surface area contributed by atoms with Crippen LogP contribution in [0.1, 0.15) is 29.5 Å². The Balaban J connectivity index is 2.74. The Bertz CT molecular complexity index is 378. The van der Waals surface area contributed by atoms with E-state index in [2.05, 4.69) is 5.16 Å². The van der Waals surface area contributed by atoms with Gasteiger partial charge in [0.25, 0.3) is 5.91 Å². The first-order chi connectivity index (χ1) is 7.20. The summed E-state index contributed by atoms with van der Waals surface area (Å²) in [5, 5.41) is 12.0. The minimum Gasteiger partial charge on any atom is -0.361 e. The van der Waals surface area contributed by atoms with Crippen molar-refractivity contribution in [1.29, 1.82) is 5.26 Å². The third-order valence-electron chi connectivity index (χ3n) is 2.14. The predicted octanol–water partition coefficient (Wildman–Crippen LogP) is 1.36. The number of aryl methyl sites for hydroxylation is 1. The first-order valence-electron chi connectivity index (χ1n) is 4.78. The first kappa shape index (κ1) is 11.2. The number of aromatic nitrogens is 1. The standard InChI is InChI=1S/C10H13N3O2/c1-3-13(6-4-5-11)10(14)9-7-12-15-8(9)2/h7H,3-4,6H2,1-2H3. The Kier molecular flexibility index (Phi) is 3.86. The minimum absolute atomic E-state index is 0.133. The second kappa shape index (κ2) is 5.15. The van der Waals surface area contributed by atoms with E-state index in [9.17, 15) is 4.79 Å². The first-order valence-corrected chi connectivity index (χ1v) is 4.78. The normalized spacial score (nSPS) is 9.67. The quantitative estimate of drug-likeness (QED) is 0.747. The van der Waals surface area contributed by atoms with Gasteiger partial charge in [-0.15, -0.1) is 0 Å². The Morgan fingerprint density at radius 1 is 1.73 bits per heavy atom. The van der Waals surface area contributed by atoms with Gasteiger partial charge in [-0.1, -0.05) is 5.16 Å². The van der Waals surface area contributed by atoms with Crippen LogP contribution in [0.2, 0.25) is 0 Å². The Morgan fingerprint density at radius 2 is 2.47 bits per heavy atom. The number of carbonyl (C=O) groups is 1. The van der Waals surface area contributed by atoms with Crippen LogP contribution in [0.15, 0.2) is 10.7 Å². The van der Waals surface area contributed by atoms with Gasteiger partial charge in [0.1, 0.15) is 11.3 Å². The Morgan fingerprint density at radius 3 is 2.93 bits per heavy atom. The van der Waals surface area contributed by atoms with Crippen LogP contribution >= 0.6 is 0 Å². The lowest BCUT2D eigenvalue weighted by molar-refractivity contribution is 0.0766. The van der Waals surface area contributed by atoms with Crippen molar-refractivity contribution in [2.45, 2.75) is 20.3 Å². The van der Waals surface area contributed by atoms with E-state index in [4.69, 9.17) is 9.78 Å². The zero-order valence-electron chi connectivity index (χ0n) is 8.86. The molecular formula is C10H13N3O2. The van der Waals surface area contributed by atoms with Crippen molar-refractivity contribution >= 4 is 5.91 Å². The fourth-order valence-corrected chi connectivity index (χ4v) is 1.26. The molecule has 1 aromatic rings. The third-order valence-corrected chi connectivity index (χ3v) is 2.14. The van der Waals surface area contributed by atoms with Crippen LogP contribution in [0.4, 0.5) is 0 Å². The molecule has 0 aliphatic rings. The number of nitriles is 1. The number of carbonyl (C=O) groups excluding carboxylic acids is 1. The summed E-state index contributed by atoms with van der Waals surface area (Å²) in [6.45, 7) is 4.58. The van der Waals surface area contributed by atoms with Gasteiger partial charge in [-0.05, 0) is 13.8 Å². The molecule has 1 rings (SSSR count). The zero-order chi connectivity index (χ0) is 11.3. The zero-order valence-corrected chi connectivity index (χ0v) is 8.86. The maximum atomic E-state index is 11.9. The van der Waals surface area contributed by atoms with Gasteiger partial charge >= 0.3 is 0 Å². The lowest BCUT2D eigenvalue weighted by atomic mass is 10.2. The van der Waals surface area contributed by atoms with Gasteiger partial charge in [0.05, 0.1) is 18.7 Å². The van der Waals surface area contributed by atoms with E-state index in [-0.39, 0.29) is 5.91 Å². The van der Waals surface area contributed by atoms with Gasteiger partial charge in [0.15, 0.2) is 0 Å². The van der Waals surface area contributed by atoms with Crippen LogP contribution in [0, 0.1) is 18.3 Å². The molecule has 80 valence electrons. The smallest absolute Gasteiger partial charge is 0.259 e. The van der Waals surface area contributed by atoms with Gasteiger partial charge in [-0.3, -0.25) is 4.79 Å². The van der Waals surface area contributed by atoms with Gasteiger partial charge in [0, 0.05) is 13.1 Å². The fourth-order valence-electron chi connectivity index (χ4n) is 1.26. The number of hydrogen-bond donors (Lipinski definition) is 0. The molecule has 0 aliphatic heterocycles. The molecule has 0 aliphatic carbocycles. The summed E-state index contributed by atoms with van der Waals surface area (Å²) in [6.07, 6.45) is 1.75. The molecular weight excluding hydrogens is 194 g/mol. The average molecular weight is 207 g/mol. The molecule has 15 heavy (non-hydrogen) atoms. The van der Waals surface area contributed by atoms with Crippen molar-refractivity contribution in [3.8, 4) is 6.07 Å². The molecule has 1 amide bonds. The van der Waals surface area contributed by atoms with Crippen molar-refractivity contribution in [3.63, 3.8) is 0 Å². The summed E-state index contributed by atoms with van der Waals surface area (Å²) in [5.74, 6) is 0.377. The highest BCUT2D eigenvalue weighted by molar-refractivity contribution is 5.94. The Labute approximate surface area is 88.3 Å². The van der Waals surface area contributed by atoms with E-state index in [0.29, 0.717) is 30.8 Å². The number of hydrogen-bond acceptors (Lipinski definition) is 4. The number of nitrogens with zero attached hydrogens (tertiary/aromatic N) is 3. The van der Waals surface area contributed by atoms with Gasteiger partial charge in [-0.2, -0.15) is 5.26 Å². The minimum atomic E-state index is -0.133. The largest absolute Gasteiger partial charge is 0.361 e. The molecule has 0 N–H and O–H groups in total. The molecule has 1 aromatic heterocycles. The molecule has 0 saturated heterocycles. The average Bonchev–Trinajstić information content (AvgIpc) is 2.65. The van der Waals surface area contributed by atoms with Crippen molar-refractivity contribution in [2.75, 3.05) is 13.1 Å². The van der Waals surface area contributed by atoms with E-state index in [1.54, 1.807) is 11.8 Å². The maximum Gasteiger partial charge on any atom is 0.259 e. The van der Waals surface area contributed by atoms with Crippen molar-refractivity contribution < 1.29 is 9.32 Å². The number of amides is 1. The monoisotopic (exact) mass is 207 g/mol. The summed E-state index contributed by atoms with van der Waals surface area (Å²) < 4.78 is 4.82. The molecule has 0 fully saturated rings. The van der Waals surface area contributed by atoms with Crippen LogP contribution in [0.25, 0.3) is 0 Å². The molecule has 5 heteroatoms. The van der Waals surface area contributed by atoms with Crippen LogP contribution in [0.5, 0.6) is 0 Å². The SMILES string of the molecule is CCN(CCC#N)C(=O)c1cnoc1C. The third kappa shape index (κ3) is 2.56. The Hall–Kier alpha value is -1.83. The summed E-state index contributed by atoms with van der Waals surface area (Å²) in [4.78, 5) is 13.5. The number of rotatable bonds is 4. The molecule has 0 spiro atoms. The van der Waals surface area contributed by atoms with Crippen LogP contribution in [0.3, 0.4) is 0 Å². The van der Waals surface area contributed by atoms with Crippen LogP contribution in [-0.4, -0.2) is 29.1 Å². The second-order valence-corrected chi connectivity index (χ2v) is 3.09. The molecule has 0 unspecified atom stereocenters. The van der Waals surface area contributed by atoms with Crippen molar-refractivity contribution in [1.82, 2.24) is 10.1 Å². The van der Waals surface area contributed by atoms with E-state index >= 15 is 0 Å². The molecule has 0 aromatic carbocycles. The highest BCUT2D eigenvalue weighted by Crippen LogP contribution is 2.09. The van der Waals surface area contributed by atoms with Crippen LogP contribution < -0.4 is 0 Å². The van der Waals surface area contributed by atoms with E-state index in [0.717, 1.165) is 0 Å². The van der Waals surface area contributed by atoms with Crippen molar-refractivity contribution in [2.24, 2.45) is 0 Å². The lowest BCUT2D eigenvalue weighted by Crippen LogP contribution is -2.31. The second-order valence-electron chi connectivity index (χ2n) is 3.09. The van der Waals surface area contributed by atoms with Gasteiger partial charge in [0.2, 0.25) is 0 Å². The van der Waals surface area contributed by atoms with Gasteiger partial charge < -0.3 is 9.42 Å². The van der Waals surface area contributed by atoms with Crippen LogP contribution in [-0.2, 0) is 0 Å².